The van der Waals surface area contributed by atoms with Crippen LogP contribution < -0.4 is 5.32 Å². The fourth-order valence-corrected chi connectivity index (χ4v) is 1.48. The van der Waals surface area contributed by atoms with E-state index >= 15 is 0 Å². The van der Waals surface area contributed by atoms with Crippen LogP contribution in [0, 0.1) is 11.6 Å². The second kappa shape index (κ2) is 4.86. The van der Waals surface area contributed by atoms with Gasteiger partial charge < -0.3 is 5.32 Å². The Morgan fingerprint density at radius 1 is 1.18 bits per heavy atom. The first-order valence-electron chi connectivity index (χ1n) is 5.22. The Morgan fingerprint density at radius 2 is 2.00 bits per heavy atom. The zero-order valence-electron chi connectivity index (χ0n) is 9.24. The molecule has 0 saturated carbocycles. The van der Waals surface area contributed by atoms with Gasteiger partial charge in [-0.15, -0.1) is 0 Å². The number of halogens is 2. The fraction of sp³-hybridized carbons (Fsp3) is 0.167. The molecular weight excluding hydrogens is 224 g/mol. The third-order valence-electron chi connectivity index (χ3n) is 2.23. The van der Waals surface area contributed by atoms with E-state index in [0.717, 1.165) is 6.07 Å². The number of nitrogens with zero attached hydrogens (tertiary/aromatic N) is 2. The van der Waals surface area contributed by atoms with Gasteiger partial charge in [0.15, 0.2) is 0 Å². The molecule has 0 aliphatic rings. The van der Waals surface area contributed by atoms with Crippen molar-refractivity contribution in [1.82, 2.24) is 9.97 Å². The molecule has 5 heteroatoms. The van der Waals surface area contributed by atoms with Crippen molar-refractivity contribution in [3.8, 4) is 11.3 Å². The molecule has 88 valence electrons. The van der Waals surface area contributed by atoms with Crippen molar-refractivity contribution >= 4 is 5.82 Å². The summed E-state index contributed by atoms with van der Waals surface area (Å²) >= 11 is 0. The average molecular weight is 235 g/mol. The van der Waals surface area contributed by atoms with Crippen molar-refractivity contribution in [3.63, 3.8) is 0 Å². The van der Waals surface area contributed by atoms with Crippen LogP contribution in [0.4, 0.5) is 14.6 Å². The van der Waals surface area contributed by atoms with Crippen LogP contribution in [-0.4, -0.2) is 16.5 Å². The third-order valence-corrected chi connectivity index (χ3v) is 2.23. The highest BCUT2D eigenvalue weighted by molar-refractivity contribution is 5.62. The normalized spacial score (nSPS) is 10.3. The molecular formula is C12H11F2N3. The van der Waals surface area contributed by atoms with E-state index in [9.17, 15) is 8.78 Å². The molecule has 1 aromatic heterocycles. The highest BCUT2D eigenvalue weighted by Crippen LogP contribution is 2.22. The lowest BCUT2D eigenvalue weighted by molar-refractivity contribution is 0.585. The van der Waals surface area contributed by atoms with E-state index in [1.165, 1.54) is 18.5 Å². The second-order valence-corrected chi connectivity index (χ2v) is 3.44. The molecule has 0 bridgehead atoms. The summed E-state index contributed by atoms with van der Waals surface area (Å²) in [7, 11) is 0. The van der Waals surface area contributed by atoms with Gasteiger partial charge in [0, 0.05) is 24.2 Å². The molecule has 0 saturated heterocycles. The Labute approximate surface area is 97.5 Å². The molecule has 3 nitrogen and oxygen atoms in total. The molecule has 0 unspecified atom stereocenters. The second-order valence-electron chi connectivity index (χ2n) is 3.44. The van der Waals surface area contributed by atoms with Crippen LogP contribution in [0.3, 0.4) is 0 Å². The summed E-state index contributed by atoms with van der Waals surface area (Å²) in [6.45, 7) is 2.64. The summed E-state index contributed by atoms with van der Waals surface area (Å²) < 4.78 is 26.3. The van der Waals surface area contributed by atoms with Gasteiger partial charge in [0.05, 0.1) is 5.69 Å². The molecule has 0 aliphatic carbocycles. The van der Waals surface area contributed by atoms with Gasteiger partial charge in [-0.25, -0.2) is 18.7 Å². The molecule has 0 fully saturated rings. The van der Waals surface area contributed by atoms with Crippen LogP contribution in [0.1, 0.15) is 6.92 Å². The van der Waals surface area contributed by atoms with Crippen molar-refractivity contribution < 1.29 is 8.78 Å². The van der Waals surface area contributed by atoms with E-state index in [1.807, 2.05) is 6.92 Å². The van der Waals surface area contributed by atoms with Crippen molar-refractivity contribution in [2.45, 2.75) is 6.92 Å². The monoisotopic (exact) mass is 235 g/mol. The Balaban J connectivity index is 2.42. The topological polar surface area (TPSA) is 37.8 Å². The first kappa shape index (κ1) is 11.4. The van der Waals surface area contributed by atoms with Crippen LogP contribution >= 0.6 is 0 Å². The number of rotatable bonds is 3. The molecule has 1 N–H and O–H groups in total. The van der Waals surface area contributed by atoms with Gasteiger partial charge in [0.1, 0.15) is 23.8 Å². The summed E-state index contributed by atoms with van der Waals surface area (Å²) in [6.07, 6.45) is 1.34. The van der Waals surface area contributed by atoms with Gasteiger partial charge in [-0.05, 0) is 19.1 Å². The van der Waals surface area contributed by atoms with Gasteiger partial charge in [0.2, 0.25) is 0 Å². The Hall–Kier alpha value is -2.04. The first-order valence-corrected chi connectivity index (χ1v) is 5.22. The van der Waals surface area contributed by atoms with Gasteiger partial charge >= 0.3 is 0 Å². The molecule has 0 aliphatic heterocycles. The Kier molecular flexibility index (Phi) is 3.27. The summed E-state index contributed by atoms with van der Waals surface area (Å²) in [6, 6.07) is 5.03. The number of hydrogen-bond acceptors (Lipinski definition) is 3. The largest absolute Gasteiger partial charge is 0.370 e. The summed E-state index contributed by atoms with van der Waals surface area (Å²) in [5, 5.41) is 3.00. The lowest BCUT2D eigenvalue weighted by Gasteiger charge is -2.05. The molecule has 0 atom stereocenters. The molecule has 1 heterocycles. The summed E-state index contributed by atoms with van der Waals surface area (Å²) in [4.78, 5) is 7.95. The molecule has 17 heavy (non-hydrogen) atoms. The maximum Gasteiger partial charge on any atom is 0.135 e. The Morgan fingerprint density at radius 3 is 2.71 bits per heavy atom. The maximum absolute atomic E-state index is 13.5. The number of anilines is 1. The Bertz CT molecular complexity index is 529. The standard InChI is InChI=1S/C12H11F2N3/c1-2-15-12-6-11(16-7-17-12)9-4-3-8(13)5-10(9)14/h3-7H,2H2,1H3,(H,15,16,17). The number of hydrogen-bond donors (Lipinski definition) is 1. The molecule has 2 rings (SSSR count). The van der Waals surface area contributed by atoms with E-state index in [4.69, 9.17) is 0 Å². The van der Waals surface area contributed by atoms with Crippen molar-refractivity contribution in [2.75, 3.05) is 11.9 Å². The zero-order chi connectivity index (χ0) is 12.3. The van der Waals surface area contributed by atoms with Crippen LogP contribution in [0.25, 0.3) is 11.3 Å². The summed E-state index contributed by atoms with van der Waals surface area (Å²) in [5.74, 6) is -0.625. The van der Waals surface area contributed by atoms with Gasteiger partial charge in [-0.1, -0.05) is 0 Å². The zero-order valence-corrected chi connectivity index (χ0v) is 9.24. The maximum atomic E-state index is 13.5. The van der Waals surface area contributed by atoms with Crippen LogP contribution in [0.15, 0.2) is 30.6 Å². The van der Waals surface area contributed by atoms with Crippen LogP contribution in [0.5, 0.6) is 0 Å². The van der Waals surface area contributed by atoms with Crippen LogP contribution in [-0.2, 0) is 0 Å². The highest BCUT2D eigenvalue weighted by atomic mass is 19.1. The van der Waals surface area contributed by atoms with Crippen molar-refractivity contribution in [2.24, 2.45) is 0 Å². The number of benzene rings is 1. The minimum absolute atomic E-state index is 0.257. The van der Waals surface area contributed by atoms with Gasteiger partial charge in [-0.2, -0.15) is 0 Å². The van der Waals surface area contributed by atoms with Crippen LogP contribution in [0.2, 0.25) is 0 Å². The highest BCUT2D eigenvalue weighted by Gasteiger charge is 2.08. The van der Waals surface area contributed by atoms with Gasteiger partial charge in [-0.3, -0.25) is 0 Å². The predicted molar refractivity (Wildman–Crippen MR) is 61.5 cm³/mol. The molecule has 0 amide bonds. The van der Waals surface area contributed by atoms with E-state index in [-0.39, 0.29) is 5.56 Å². The number of nitrogens with one attached hydrogen (secondary N) is 1. The quantitative estimate of drug-likeness (QED) is 0.888. The minimum Gasteiger partial charge on any atom is -0.370 e. The minimum atomic E-state index is -0.633. The lowest BCUT2D eigenvalue weighted by Crippen LogP contribution is -2.00. The van der Waals surface area contributed by atoms with E-state index in [0.29, 0.717) is 18.1 Å². The van der Waals surface area contributed by atoms with Crippen molar-refractivity contribution in [1.29, 1.82) is 0 Å². The predicted octanol–water partition coefficient (Wildman–Crippen LogP) is 2.85. The van der Waals surface area contributed by atoms with Crippen molar-refractivity contribution in [3.05, 3.63) is 42.2 Å². The molecule has 0 spiro atoms. The third kappa shape index (κ3) is 2.55. The molecule has 0 radical (unpaired) electrons. The smallest absolute Gasteiger partial charge is 0.135 e. The van der Waals surface area contributed by atoms with E-state index < -0.39 is 11.6 Å². The van der Waals surface area contributed by atoms with E-state index in [2.05, 4.69) is 15.3 Å². The first-order chi connectivity index (χ1) is 8.20. The fourth-order valence-electron chi connectivity index (χ4n) is 1.48. The summed E-state index contributed by atoms with van der Waals surface area (Å²) in [5.41, 5.74) is 0.682. The SMILES string of the molecule is CCNc1cc(-c2ccc(F)cc2F)ncn1. The lowest BCUT2D eigenvalue weighted by atomic mass is 10.1. The van der Waals surface area contributed by atoms with E-state index in [1.54, 1.807) is 6.07 Å². The molecule has 2 aromatic rings. The number of aromatic nitrogens is 2. The molecule has 1 aromatic carbocycles. The van der Waals surface area contributed by atoms with Gasteiger partial charge in [0.25, 0.3) is 0 Å². The average Bonchev–Trinajstić information content (AvgIpc) is 2.29.